The third-order valence-electron chi connectivity index (χ3n) is 7.82. The first-order valence-electron chi connectivity index (χ1n) is 14.8. The van der Waals surface area contributed by atoms with Gasteiger partial charge < -0.3 is 25.0 Å². The number of aliphatic carboxylic acids is 1. The van der Waals surface area contributed by atoms with Gasteiger partial charge in [-0.15, -0.1) is 0 Å². The number of nitrogens with zero attached hydrogens (tertiary/aromatic N) is 5. The van der Waals surface area contributed by atoms with Gasteiger partial charge in [0.25, 0.3) is 0 Å². The predicted molar refractivity (Wildman–Crippen MR) is 163 cm³/mol. The highest BCUT2D eigenvalue weighted by Gasteiger charge is 2.21. The zero-order chi connectivity index (χ0) is 29.5. The summed E-state index contributed by atoms with van der Waals surface area (Å²) in [5.41, 5.74) is 10.7. The van der Waals surface area contributed by atoms with Crippen LogP contribution in [0.5, 0.6) is 0 Å². The highest BCUT2D eigenvalue weighted by Crippen LogP contribution is 2.29. The van der Waals surface area contributed by atoms with E-state index in [9.17, 15) is 9.59 Å². The number of unbranched alkanes of at least 4 members (excludes halogenated alkanes) is 1. The van der Waals surface area contributed by atoms with E-state index in [0.717, 1.165) is 77.7 Å². The molecule has 0 saturated carbocycles. The van der Waals surface area contributed by atoms with Crippen LogP contribution in [-0.2, 0) is 40.3 Å². The number of hydrogen-bond acceptors (Lipinski definition) is 7. The Bertz CT molecular complexity index is 1530. The molecule has 1 saturated heterocycles. The largest absolute Gasteiger partial charge is 0.481 e. The summed E-state index contributed by atoms with van der Waals surface area (Å²) in [5.74, 6) is 0.651. The molecule has 1 fully saturated rings. The maximum Gasteiger partial charge on any atom is 0.307 e. The van der Waals surface area contributed by atoms with E-state index in [0.29, 0.717) is 45.2 Å². The number of pyridine rings is 1. The van der Waals surface area contributed by atoms with Crippen molar-refractivity contribution in [3.05, 3.63) is 65.5 Å². The number of nitrogens with two attached hydrogens (primary N) is 1. The van der Waals surface area contributed by atoms with Crippen molar-refractivity contribution in [3.63, 3.8) is 0 Å². The zero-order valence-electron chi connectivity index (χ0n) is 24.3. The first-order chi connectivity index (χ1) is 20.4. The average molecular weight is 573 g/mol. The Labute approximate surface area is 246 Å². The van der Waals surface area contributed by atoms with Crippen molar-refractivity contribution in [2.45, 2.75) is 52.1 Å². The number of hydrogen-bond donors (Lipinski definition) is 2. The number of nitrogen functional groups attached to an aromatic ring is 1. The van der Waals surface area contributed by atoms with E-state index in [2.05, 4.69) is 27.4 Å². The maximum atomic E-state index is 13.6. The lowest BCUT2D eigenvalue weighted by molar-refractivity contribution is -0.136. The van der Waals surface area contributed by atoms with Crippen LogP contribution in [0.25, 0.3) is 21.9 Å². The molecule has 222 valence electrons. The lowest BCUT2D eigenvalue weighted by Gasteiger charge is -2.30. The number of imidazole rings is 1. The van der Waals surface area contributed by atoms with Crippen LogP contribution in [0.1, 0.15) is 43.1 Å². The van der Waals surface area contributed by atoms with E-state index in [1.54, 1.807) is 0 Å². The molecule has 1 aliphatic rings. The second-order valence-corrected chi connectivity index (χ2v) is 10.9. The molecular formula is C32H40N6O4. The van der Waals surface area contributed by atoms with Gasteiger partial charge in [-0.05, 0) is 30.0 Å². The Morgan fingerprint density at radius 2 is 1.76 bits per heavy atom. The second-order valence-electron chi connectivity index (χ2n) is 10.9. The van der Waals surface area contributed by atoms with Crippen molar-refractivity contribution in [2.75, 3.05) is 45.1 Å². The minimum absolute atomic E-state index is 0.0199. The van der Waals surface area contributed by atoms with Crippen LogP contribution in [0, 0.1) is 0 Å². The Hall–Kier alpha value is -4.02. The van der Waals surface area contributed by atoms with Crippen molar-refractivity contribution >= 4 is 39.6 Å². The highest BCUT2D eigenvalue weighted by atomic mass is 16.5. The van der Waals surface area contributed by atoms with Crippen molar-refractivity contribution in [2.24, 2.45) is 0 Å². The number of carboxylic acids is 1. The van der Waals surface area contributed by atoms with Crippen molar-refractivity contribution < 1.29 is 19.4 Å². The molecule has 3 heterocycles. The van der Waals surface area contributed by atoms with Crippen LogP contribution < -0.4 is 5.73 Å². The fourth-order valence-electron chi connectivity index (χ4n) is 5.59. The minimum Gasteiger partial charge on any atom is -0.481 e. The second kappa shape index (κ2) is 13.8. The molecule has 0 bridgehead atoms. The number of rotatable bonds is 13. The lowest BCUT2D eigenvalue weighted by atomic mass is 10.1. The van der Waals surface area contributed by atoms with Gasteiger partial charge in [0.1, 0.15) is 11.3 Å². The highest BCUT2D eigenvalue weighted by molar-refractivity contribution is 6.06. The number of fused-ring (bicyclic) bond motifs is 3. The van der Waals surface area contributed by atoms with Gasteiger partial charge in [0.05, 0.1) is 37.2 Å². The molecule has 0 radical (unpaired) electrons. The molecule has 0 spiro atoms. The summed E-state index contributed by atoms with van der Waals surface area (Å²) in [7, 11) is 0. The molecule has 2 aromatic heterocycles. The van der Waals surface area contributed by atoms with Crippen molar-refractivity contribution in [1.82, 2.24) is 24.3 Å². The van der Waals surface area contributed by atoms with Gasteiger partial charge in [0.2, 0.25) is 5.91 Å². The van der Waals surface area contributed by atoms with Crippen molar-refractivity contribution in [3.8, 4) is 0 Å². The standard InChI is InChI=1S/C32H40N6O4/c1-2-3-9-27-35-30-31(25-7-4-5-8-26(25)34-32(30)33)38(27)15-6-14-37(28(39)22-36-16-18-42-19-17-36)21-24-12-10-23(11-13-24)20-29(40)41/h4-5,7-8,10-13H,2-3,6,9,14-22H2,1H3,(H2,33,34)(H,40,41). The van der Waals surface area contributed by atoms with Gasteiger partial charge in [0.15, 0.2) is 5.82 Å². The first kappa shape index (κ1) is 29.5. The van der Waals surface area contributed by atoms with Gasteiger partial charge in [-0.2, -0.15) is 0 Å². The molecule has 0 unspecified atom stereocenters. The van der Waals surface area contributed by atoms with Gasteiger partial charge in [-0.3, -0.25) is 14.5 Å². The number of para-hydroxylation sites is 1. The van der Waals surface area contributed by atoms with E-state index in [1.807, 2.05) is 47.4 Å². The topological polar surface area (TPSA) is 127 Å². The molecular weight excluding hydrogens is 532 g/mol. The number of morpholine rings is 1. The fourth-order valence-corrected chi connectivity index (χ4v) is 5.59. The first-order valence-corrected chi connectivity index (χ1v) is 14.8. The molecule has 0 aliphatic carbocycles. The minimum atomic E-state index is -0.860. The van der Waals surface area contributed by atoms with E-state index in [4.69, 9.17) is 20.6 Å². The molecule has 4 aromatic rings. The smallest absolute Gasteiger partial charge is 0.307 e. The zero-order valence-corrected chi connectivity index (χ0v) is 24.3. The van der Waals surface area contributed by atoms with Gasteiger partial charge in [0, 0.05) is 44.5 Å². The summed E-state index contributed by atoms with van der Waals surface area (Å²) >= 11 is 0. The summed E-state index contributed by atoms with van der Waals surface area (Å²) < 4.78 is 7.74. The summed E-state index contributed by atoms with van der Waals surface area (Å²) in [6.07, 6.45) is 3.66. The van der Waals surface area contributed by atoms with E-state index >= 15 is 0 Å². The van der Waals surface area contributed by atoms with Crippen LogP contribution in [0.3, 0.4) is 0 Å². The molecule has 10 heteroatoms. The number of aryl methyl sites for hydroxylation is 2. The number of amides is 1. The Morgan fingerprint density at radius 1 is 1.02 bits per heavy atom. The normalized spacial score (nSPS) is 14.0. The SMILES string of the molecule is CCCCc1nc2c(N)nc3ccccc3c2n1CCCN(Cc1ccc(CC(=O)O)cc1)C(=O)CN1CCOCC1. The Morgan fingerprint density at radius 3 is 2.50 bits per heavy atom. The van der Waals surface area contributed by atoms with Crippen LogP contribution >= 0.6 is 0 Å². The van der Waals surface area contributed by atoms with Crippen molar-refractivity contribution in [1.29, 1.82) is 0 Å². The number of carbonyl (C=O) groups is 2. The van der Waals surface area contributed by atoms with E-state index in [1.165, 1.54) is 0 Å². The van der Waals surface area contributed by atoms with E-state index < -0.39 is 5.97 Å². The number of benzene rings is 2. The molecule has 1 amide bonds. The third-order valence-corrected chi connectivity index (χ3v) is 7.82. The molecule has 10 nitrogen and oxygen atoms in total. The summed E-state index contributed by atoms with van der Waals surface area (Å²) in [6.45, 7) is 7.02. The number of ether oxygens (including phenoxy) is 1. The Balaban J connectivity index is 1.38. The van der Waals surface area contributed by atoms with E-state index in [-0.39, 0.29) is 12.3 Å². The molecule has 0 atom stereocenters. The van der Waals surface area contributed by atoms with Crippen LogP contribution in [0.2, 0.25) is 0 Å². The maximum absolute atomic E-state index is 13.6. The van der Waals surface area contributed by atoms with Gasteiger partial charge in [-0.25, -0.2) is 9.97 Å². The van der Waals surface area contributed by atoms with Crippen LogP contribution in [0.15, 0.2) is 48.5 Å². The number of aromatic nitrogens is 3. The molecule has 3 N–H and O–H groups in total. The number of anilines is 1. The third kappa shape index (κ3) is 7.06. The molecule has 2 aromatic carbocycles. The lowest BCUT2D eigenvalue weighted by Crippen LogP contribution is -2.45. The summed E-state index contributed by atoms with van der Waals surface area (Å²) in [5, 5.41) is 10.1. The number of carboxylic acid groups (broad SMARTS) is 1. The quantitative estimate of drug-likeness (QED) is 0.247. The monoisotopic (exact) mass is 572 g/mol. The molecule has 1 aliphatic heterocycles. The molecule has 5 rings (SSSR count). The van der Waals surface area contributed by atoms with Gasteiger partial charge >= 0.3 is 5.97 Å². The predicted octanol–water partition coefficient (Wildman–Crippen LogP) is 3.89. The summed E-state index contributed by atoms with van der Waals surface area (Å²) in [6, 6.07) is 15.5. The van der Waals surface area contributed by atoms with Crippen LogP contribution in [-0.4, -0.2) is 80.7 Å². The summed E-state index contributed by atoms with van der Waals surface area (Å²) in [4.78, 5) is 38.3. The molecule has 42 heavy (non-hydrogen) atoms. The average Bonchev–Trinajstić information content (AvgIpc) is 3.36. The van der Waals surface area contributed by atoms with Gasteiger partial charge in [-0.1, -0.05) is 55.8 Å². The fraction of sp³-hybridized carbons (Fsp3) is 0.438. The number of carbonyl (C=O) groups excluding carboxylic acids is 1. The Kier molecular flexibility index (Phi) is 9.66. The van der Waals surface area contributed by atoms with Crippen LogP contribution in [0.4, 0.5) is 5.82 Å².